The predicted molar refractivity (Wildman–Crippen MR) is 83.1 cm³/mol. The molecule has 1 aromatic rings. The molecule has 0 saturated heterocycles. The maximum Gasteiger partial charge on any atom is 0.187 e. The lowest BCUT2D eigenvalue weighted by Crippen LogP contribution is -2.40. The van der Waals surface area contributed by atoms with Crippen LogP contribution in [0.5, 0.6) is 11.5 Å². The number of nitrogens with one attached hydrogen (secondary N) is 2. The van der Waals surface area contributed by atoms with Gasteiger partial charge in [-0.05, 0) is 37.2 Å². The molecular weight excluding hydrogens is 274 g/mol. The Balaban J connectivity index is 1.81. The zero-order valence-electron chi connectivity index (χ0n) is 11.2. The number of hydrogen-bond donors (Lipinski definition) is 4. The van der Waals surface area contributed by atoms with Crippen LogP contribution < -0.4 is 10.7 Å². The monoisotopic (exact) mass is 293 g/mol. The van der Waals surface area contributed by atoms with Gasteiger partial charge in [0, 0.05) is 17.7 Å². The average Bonchev–Trinajstić information content (AvgIpc) is 2.42. The summed E-state index contributed by atoms with van der Waals surface area (Å²) in [5, 5.41) is 26.5. The van der Waals surface area contributed by atoms with Crippen molar-refractivity contribution in [2.24, 2.45) is 5.10 Å². The van der Waals surface area contributed by atoms with Crippen LogP contribution in [0.3, 0.4) is 0 Å². The molecule has 0 aromatic heterocycles. The van der Waals surface area contributed by atoms with E-state index in [1.165, 1.54) is 37.6 Å². The highest BCUT2D eigenvalue weighted by molar-refractivity contribution is 7.80. The summed E-state index contributed by atoms with van der Waals surface area (Å²) < 4.78 is 0. The van der Waals surface area contributed by atoms with Gasteiger partial charge in [-0.15, -0.1) is 0 Å². The molecule has 0 spiro atoms. The first-order chi connectivity index (χ1) is 9.65. The fraction of sp³-hybridized carbons (Fsp3) is 0.429. The van der Waals surface area contributed by atoms with E-state index in [0.717, 1.165) is 12.8 Å². The van der Waals surface area contributed by atoms with Gasteiger partial charge < -0.3 is 15.5 Å². The summed E-state index contributed by atoms with van der Waals surface area (Å²) in [6, 6.07) is 4.76. The standard InChI is InChI=1S/C14H19N3O2S/c18-12-7-6-10(13(19)8-12)9-15-17-14(20)16-11-4-2-1-3-5-11/h6-9,11,18-19H,1-5H2,(H2,16,17,20)/b15-9-. The van der Waals surface area contributed by atoms with Crippen molar-refractivity contribution < 1.29 is 10.2 Å². The molecule has 0 heterocycles. The Morgan fingerprint density at radius 2 is 2.00 bits per heavy atom. The lowest BCUT2D eigenvalue weighted by molar-refractivity contribution is 0.412. The molecule has 1 saturated carbocycles. The largest absolute Gasteiger partial charge is 0.508 e. The summed E-state index contributed by atoms with van der Waals surface area (Å²) in [6.07, 6.45) is 7.53. The van der Waals surface area contributed by atoms with Crippen LogP contribution in [0.4, 0.5) is 0 Å². The van der Waals surface area contributed by atoms with Crippen LogP contribution in [0, 0.1) is 0 Å². The van der Waals surface area contributed by atoms with Crippen molar-refractivity contribution in [3.63, 3.8) is 0 Å². The van der Waals surface area contributed by atoms with Gasteiger partial charge in [0.25, 0.3) is 0 Å². The van der Waals surface area contributed by atoms with Gasteiger partial charge in [-0.1, -0.05) is 19.3 Å². The molecule has 1 fully saturated rings. The minimum Gasteiger partial charge on any atom is -0.508 e. The minimum absolute atomic E-state index is 0.0158. The highest BCUT2D eigenvalue weighted by Gasteiger charge is 2.13. The number of hydrogen-bond acceptors (Lipinski definition) is 4. The van der Waals surface area contributed by atoms with Crippen molar-refractivity contribution in [2.45, 2.75) is 38.1 Å². The minimum atomic E-state index is -0.0262. The van der Waals surface area contributed by atoms with Crippen molar-refractivity contribution in [1.82, 2.24) is 10.7 Å². The first-order valence-electron chi connectivity index (χ1n) is 6.77. The van der Waals surface area contributed by atoms with Crippen LogP contribution in [0.1, 0.15) is 37.7 Å². The zero-order valence-corrected chi connectivity index (χ0v) is 12.0. The Bertz CT molecular complexity index is 499. The predicted octanol–water partition coefficient (Wildman–Crippen LogP) is 2.23. The second kappa shape index (κ2) is 7.09. The molecule has 108 valence electrons. The van der Waals surface area contributed by atoms with Gasteiger partial charge in [0.05, 0.1) is 6.21 Å². The molecule has 1 aliphatic carbocycles. The molecule has 4 N–H and O–H groups in total. The smallest absolute Gasteiger partial charge is 0.187 e. The molecule has 0 bridgehead atoms. The summed E-state index contributed by atoms with van der Waals surface area (Å²) in [5.41, 5.74) is 3.25. The number of benzene rings is 1. The molecule has 1 aliphatic rings. The second-order valence-electron chi connectivity index (χ2n) is 4.92. The number of aromatic hydroxyl groups is 2. The molecule has 0 amide bonds. The topological polar surface area (TPSA) is 76.9 Å². The number of nitrogens with zero attached hydrogens (tertiary/aromatic N) is 1. The lowest BCUT2D eigenvalue weighted by Gasteiger charge is -2.23. The van der Waals surface area contributed by atoms with E-state index >= 15 is 0 Å². The molecule has 0 radical (unpaired) electrons. The van der Waals surface area contributed by atoms with Crippen molar-refractivity contribution in [1.29, 1.82) is 0 Å². The van der Waals surface area contributed by atoms with E-state index in [2.05, 4.69) is 15.8 Å². The van der Waals surface area contributed by atoms with E-state index in [1.807, 2.05) is 0 Å². The maximum absolute atomic E-state index is 9.59. The number of phenolic OH excluding ortho intramolecular Hbond substituents is 2. The molecule has 0 atom stereocenters. The Labute approximate surface area is 123 Å². The number of rotatable bonds is 3. The molecule has 1 aromatic carbocycles. The third kappa shape index (κ3) is 4.38. The highest BCUT2D eigenvalue weighted by Crippen LogP contribution is 2.20. The third-order valence-electron chi connectivity index (χ3n) is 3.32. The first kappa shape index (κ1) is 14.6. The average molecular weight is 293 g/mol. The molecular formula is C14H19N3O2S. The molecule has 0 aliphatic heterocycles. The van der Waals surface area contributed by atoms with Gasteiger partial charge in [-0.3, -0.25) is 5.43 Å². The summed E-state index contributed by atoms with van der Waals surface area (Å²) in [5.74, 6) is -0.0104. The van der Waals surface area contributed by atoms with Gasteiger partial charge in [0.1, 0.15) is 11.5 Å². The van der Waals surface area contributed by atoms with Gasteiger partial charge in [0.15, 0.2) is 5.11 Å². The van der Waals surface area contributed by atoms with E-state index in [9.17, 15) is 10.2 Å². The SMILES string of the molecule is Oc1ccc(/C=N\NC(=S)NC2CCCCC2)c(O)c1. The van der Waals surface area contributed by atoms with E-state index < -0.39 is 0 Å². The van der Waals surface area contributed by atoms with Crippen LogP contribution in [0.15, 0.2) is 23.3 Å². The normalized spacial score (nSPS) is 16.2. The molecule has 0 unspecified atom stereocenters. The quantitative estimate of drug-likeness (QED) is 0.390. The molecule has 2 rings (SSSR count). The van der Waals surface area contributed by atoms with Gasteiger partial charge >= 0.3 is 0 Å². The Hall–Kier alpha value is -1.82. The van der Waals surface area contributed by atoms with Crippen LogP contribution in [-0.2, 0) is 0 Å². The van der Waals surface area contributed by atoms with Gasteiger partial charge in [-0.2, -0.15) is 5.10 Å². The van der Waals surface area contributed by atoms with Crippen LogP contribution >= 0.6 is 12.2 Å². The van der Waals surface area contributed by atoms with Crippen molar-refractivity contribution in [2.75, 3.05) is 0 Å². The fourth-order valence-corrected chi connectivity index (χ4v) is 2.49. The highest BCUT2D eigenvalue weighted by atomic mass is 32.1. The van der Waals surface area contributed by atoms with E-state index in [0.29, 0.717) is 16.7 Å². The van der Waals surface area contributed by atoms with Crippen molar-refractivity contribution in [3.05, 3.63) is 23.8 Å². The first-order valence-corrected chi connectivity index (χ1v) is 7.17. The molecule has 5 nitrogen and oxygen atoms in total. The van der Waals surface area contributed by atoms with Crippen molar-refractivity contribution >= 4 is 23.5 Å². The summed E-state index contributed by atoms with van der Waals surface area (Å²) in [4.78, 5) is 0. The Morgan fingerprint density at radius 1 is 1.25 bits per heavy atom. The lowest BCUT2D eigenvalue weighted by atomic mass is 9.96. The Morgan fingerprint density at radius 3 is 2.70 bits per heavy atom. The van der Waals surface area contributed by atoms with Crippen LogP contribution in [0.2, 0.25) is 0 Å². The second-order valence-corrected chi connectivity index (χ2v) is 5.33. The van der Waals surface area contributed by atoms with Crippen LogP contribution in [0.25, 0.3) is 0 Å². The van der Waals surface area contributed by atoms with E-state index in [4.69, 9.17) is 12.2 Å². The van der Waals surface area contributed by atoms with E-state index in [1.54, 1.807) is 6.07 Å². The summed E-state index contributed by atoms with van der Waals surface area (Å²) in [7, 11) is 0. The zero-order chi connectivity index (χ0) is 14.4. The molecule has 6 heteroatoms. The number of thiocarbonyl (C=S) groups is 1. The van der Waals surface area contributed by atoms with Crippen LogP contribution in [-0.4, -0.2) is 27.6 Å². The van der Waals surface area contributed by atoms with E-state index in [-0.39, 0.29) is 11.5 Å². The van der Waals surface area contributed by atoms with Gasteiger partial charge in [-0.25, -0.2) is 0 Å². The fourth-order valence-electron chi connectivity index (χ4n) is 2.27. The third-order valence-corrected chi connectivity index (χ3v) is 3.53. The Kier molecular flexibility index (Phi) is 5.17. The summed E-state index contributed by atoms with van der Waals surface area (Å²) >= 11 is 5.17. The molecule has 20 heavy (non-hydrogen) atoms. The maximum atomic E-state index is 9.59. The number of hydrazone groups is 1. The summed E-state index contributed by atoms with van der Waals surface area (Å²) in [6.45, 7) is 0. The van der Waals surface area contributed by atoms with Crippen molar-refractivity contribution in [3.8, 4) is 11.5 Å². The number of phenols is 2. The van der Waals surface area contributed by atoms with Gasteiger partial charge in [0.2, 0.25) is 0 Å².